The largest absolute Gasteiger partial charge is 1.00 e. The molecule has 1 amide bonds. The van der Waals surface area contributed by atoms with E-state index in [0.29, 0.717) is 24.6 Å². The molecule has 0 radical (unpaired) electrons. The second kappa shape index (κ2) is 17.0. The summed E-state index contributed by atoms with van der Waals surface area (Å²) in [5.41, 5.74) is 0. The summed E-state index contributed by atoms with van der Waals surface area (Å²) in [5.74, 6) is 0.193. The summed E-state index contributed by atoms with van der Waals surface area (Å²) in [7, 11) is 0. The van der Waals surface area contributed by atoms with Crippen LogP contribution in [0.3, 0.4) is 0 Å². The van der Waals surface area contributed by atoms with E-state index in [9.17, 15) is 9.59 Å². The van der Waals surface area contributed by atoms with Crippen LogP contribution in [0.1, 0.15) is 59.2 Å². The summed E-state index contributed by atoms with van der Waals surface area (Å²) in [5, 5.41) is 11.7. The third-order valence-electron chi connectivity index (χ3n) is 3.04. The van der Waals surface area contributed by atoms with Gasteiger partial charge < -0.3 is 11.8 Å². The number of thiol groups is 2. The molecule has 0 rings (SSSR count). The smallest absolute Gasteiger partial charge is 1.00 e. The van der Waals surface area contributed by atoms with Crippen LogP contribution >= 0.6 is 25.3 Å². The van der Waals surface area contributed by atoms with Gasteiger partial charge in [0.2, 0.25) is 5.91 Å². The van der Waals surface area contributed by atoms with Gasteiger partial charge in [-0.25, -0.2) is 0 Å². The second-order valence-corrected chi connectivity index (χ2v) is 6.14. The van der Waals surface area contributed by atoms with Crippen molar-refractivity contribution in [1.29, 1.82) is 0 Å². The molecule has 0 fully saturated rings. The minimum Gasteiger partial charge on any atom is -1.00 e. The van der Waals surface area contributed by atoms with Crippen molar-refractivity contribution in [2.45, 2.75) is 63.0 Å². The Morgan fingerprint density at radius 2 is 1.71 bits per heavy atom. The molecule has 0 saturated carbocycles. The maximum atomic E-state index is 11.5. The number of hydrogen-bond donors (Lipinski definition) is 4. The molecule has 0 spiro atoms. The molecule has 0 aromatic carbocycles. The summed E-state index contributed by atoms with van der Waals surface area (Å²) in [6.45, 7) is 0.646. The molecule has 0 saturated heterocycles. The van der Waals surface area contributed by atoms with Crippen LogP contribution in [0.5, 0.6) is 0 Å². The van der Waals surface area contributed by atoms with E-state index in [0.717, 1.165) is 44.3 Å². The van der Waals surface area contributed by atoms with Gasteiger partial charge in [0.15, 0.2) is 0 Å². The molecule has 0 aromatic heterocycles. The number of carboxylic acids is 1. The Bertz CT molecular complexity index is 287. The van der Waals surface area contributed by atoms with Crippen LogP contribution in [0.25, 0.3) is 0 Å². The average Bonchev–Trinajstić information content (AvgIpc) is 2.39. The second-order valence-electron chi connectivity index (χ2n) is 4.97. The Kier molecular flexibility index (Phi) is 19.3. The van der Waals surface area contributed by atoms with Crippen molar-refractivity contribution in [2.24, 2.45) is 0 Å². The van der Waals surface area contributed by atoms with E-state index in [1.54, 1.807) is 0 Å². The zero-order valence-corrected chi connectivity index (χ0v) is 16.8. The van der Waals surface area contributed by atoms with Crippen molar-refractivity contribution in [3.63, 3.8) is 0 Å². The minimum atomic E-state index is -0.755. The molecule has 21 heavy (non-hydrogen) atoms. The van der Waals surface area contributed by atoms with E-state index in [2.05, 4.69) is 30.6 Å². The zero-order valence-electron chi connectivity index (χ0n) is 14.0. The molecular formula is C14H28NNaO3S2. The molecule has 1 atom stereocenters. The van der Waals surface area contributed by atoms with Crippen LogP contribution in [0.2, 0.25) is 0 Å². The molecular weight excluding hydrogens is 317 g/mol. The fraction of sp³-hybridized carbons (Fsp3) is 0.857. The summed E-state index contributed by atoms with van der Waals surface area (Å²) < 4.78 is 0. The van der Waals surface area contributed by atoms with Crippen molar-refractivity contribution in [3.8, 4) is 0 Å². The molecule has 0 aliphatic rings. The third kappa shape index (κ3) is 18.6. The number of carbonyl (C=O) groups is 2. The average molecular weight is 346 g/mol. The first kappa shape index (κ1) is 23.9. The Morgan fingerprint density at radius 3 is 2.33 bits per heavy atom. The van der Waals surface area contributed by atoms with Crippen LogP contribution < -0.4 is 34.9 Å². The summed E-state index contributed by atoms with van der Waals surface area (Å²) in [6, 6.07) is 0. The predicted molar refractivity (Wildman–Crippen MR) is 89.9 cm³/mol. The summed E-state index contributed by atoms with van der Waals surface area (Å²) in [4.78, 5) is 21.8. The first-order chi connectivity index (χ1) is 9.56. The first-order valence-electron chi connectivity index (χ1n) is 7.33. The minimum absolute atomic E-state index is 0. The quantitative estimate of drug-likeness (QED) is 0.217. The monoisotopic (exact) mass is 345 g/mol. The molecule has 7 heteroatoms. The normalized spacial score (nSPS) is 11.5. The Balaban J connectivity index is -0.00000180. The van der Waals surface area contributed by atoms with E-state index in [1.165, 1.54) is 0 Å². The van der Waals surface area contributed by atoms with Gasteiger partial charge in [-0.2, -0.15) is 25.3 Å². The van der Waals surface area contributed by atoms with Crippen LogP contribution in [0.4, 0.5) is 0 Å². The van der Waals surface area contributed by atoms with E-state index in [1.807, 2.05) is 0 Å². The molecule has 0 bridgehead atoms. The van der Waals surface area contributed by atoms with Crippen molar-refractivity contribution in [1.82, 2.24) is 5.32 Å². The third-order valence-corrected chi connectivity index (χ3v) is 3.82. The van der Waals surface area contributed by atoms with Gasteiger partial charge in [-0.05, 0) is 37.9 Å². The van der Waals surface area contributed by atoms with Crippen molar-refractivity contribution in [3.05, 3.63) is 0 Å². The topological polar surface area (TPSA) is 66.4 Å². The molecule has 0 aliphatic carbocycles. The predicted octanol–water partition coefficient (Wildman–Crippen LogP) is 0.0428. The number of hydrogen-bond acceptors (Lipinski definition) is 4. The van der Waals surface area contributed by atoms with Gasteiger partial charge in [0.25, 0.3) is 0 Å². The van der Waals surface area contributed by atoms with Gasteiger partial charge in [-0.15, -0.1) is 0 Å². The first-order valence-corrected chi connectivity index (χ1v) is 8.48. The number of carbonyl (C=O) groups excluding carboxylic acids is 1. The zero-order chi connectivity index (χ0) is 15.2. The summed E-state index contributed by atoms with van der Waals surface area (Å²) >= 11 is 8.61. The van der Waals surface area contributed by atoms with Gasteiger partial charge >= 0.3 is 35.5 Å². The van der Waals surface area contributed by atoms with Gasteiger partial charge in [0.05, 0.1) is 0 Å². The van der Waals surface area contributed by atoms with Gasteiger partial charge in [0, 0.05) is 24.6 Å². The van der Waals surface area contributed by atoms with Gasteiger partial charge in [-0.3, -0.25) is 9.59 Å². The fourth-order valence-electron chi connectivity index (χ4n) is 1.85. The number of amides is 1. The number of rotatable bonds is 13. The fourth-order valence-corrected chi connectivity index (χ4v) is 2.68. The number of aliphatic carboxylic acids is 1. The van der Waals surface area contributed by atoms with Crippen LogP contribution in [0, 0.1) is 0 Å². The van der Waals surface area contributed by atoms with Crippen molar-refractivity contribution < 1.29 is 45.7 Å². The maximum Gasteiger partial charge on any atom is 1.00 e. The van der Waals surface area contributed by atoms with Gasteiger partial charge in [0.1, 0.15) is 0 Å². The molecule has 120 valence electrons. The van der Waals surface area contributed by atoms with Crippen molar-refractivity contribution in [2.75, 3.05) is 12.3 Å². The molecule has 2 N–H and O–H groups in total. The van der Waals surface area contributed by atoms with Crippen molar-refractivity contribution >= 4 is 37.1 Å². The molecule has 1 unspecified atom stereocenters. The number of nitrogens with one attached hydrogen (secondary N) is 1. The van der Waals surface area contributed by atoms with E-state index in [4.69, 9.17) is 5.11 Å². The molecule has 4 nitrogen and oxygen atoms in total. The molecule has 0 aliphatic heterocycles. The SMILES string of the molecule is O=C(O)CCCCCNC(=O)CCCCC(S)CCS.[H-].[Na+]. The summed E-state index contributed by atoms with van der Waals surface area (Å²) in [6.07, 6.45) is 7.11. The standard InChI is InChI=1S/C14H27NO3S2.Na.H/c16-13(7-4-3-6-12(20)9-11-19)15-10-5-1-2-8-14(17)18;;/h12,19-20H,1-11H2,(H,15,16)(H,17,18);;/q;+1;-1. The molecule has 0 aromatic rings. The number of unbranched alkanes of at least 4 members (excludes halogenated alkanes) is 3. The van der Waals surface area contributed by atoms with Gasteiger partial charge in [-0.1, -0.05) is 12.8 Å². The Labute approximate surface area is 162 Å². The number of carboxylic acid groups (broad SMARTS) is 1. The van der Waals surface area contributed by atoms with E-state index in [-0.39, 0.29) is 43.3 Å². The Morgan fingerprint density at radius 1 is 1.05 bits per heavy atom. The van der Waals surface area contributed by atoms with E-state index >= 15 is 0 Å². The van der Waals surface area contributed by atoms with E-state index < -0.39 is 5.97 Å². The molecule has 0 heterocycles. The maximum absolute atomic E-state index is 11.5. The van der Waals surface area contributed by atoms with Crippen LogP contribution in [-0.4, -0.2) is 34.5 Å². The van der Waals surface area contributed by atoms with Crippen LogP contribution in [-0.2, 0) is 9.59 Å². The Hall–Kier alpha value is 0.640. The van der Waals surface area contributed by atoms with Crippen LogP contribution in [0.15, 0.2) is 0 Å².